The first kappa shape index (κ1) is 25.6. The summed E-state index contributed by atoms with van der Waals surface area (Å²) >= 11 is 1.48. The van der Waals surface area contributed by atoms with Crippen LogP contribution in [0.4, 0.5) is 17.1 Å². The van der Waals surface area contributed by atoms with Gasteiger partial charge in [-0.25, -0.2) is 4.98 Å². The Balaban J connectivity index is 1.24. The van der Waals surface area contributed by atoms with Gasteiger partial charge < -0.3 is 14.8 Å². The van der Waals surface area contributed by atoms with Gasteiger partial charge >= 0.3 is 0 Å². The second kappa shape index (κ2) is 12.0. The molecular formula is C32H32N4OS. The number of aryl methyl sites for hydroxylation is 2. The van der Waals surface area contributed by atoms with Crippen molar-refractivity contribution in [3.05, 3.63) is 115 Å². The maximum absolute atomic E-state index is 12.9. The summed E-state index contributed by atoms with van der Waals surface area (Å²) in [7, 11) is 0. The lowest BCUT2D eigenvalue weighted by Crippen LogP contribution is -2.25. The van der Waals surface area contributed by atoms with Gasteiger partial charge in [-0.05, 0) is 74.4 Å². The number of anilines is 3. The van der Waals surface area contributed by atoms with Crippen molar-refractivity contribution in [1.82, 2.24) is 9.55 Å². The molecule has 5 nitrogen and oxygen atoms in total. The van der Waals surface area contributed by atoms with Crippen LogP contribution in [0.5, 0.6) is 0 Å². The number of carbonyl (C=O) groups excluding carboxylic acids is 1. The normalized spacial score (nSPS) is 11.1. The summed E-state index contributed by atoms with van der Waals surface area (Å²) in [6.45, 7) is 5.16. The minimum absolute atomic E-state index is 0.0480. The summed E-state index contributed by atoms with van der Waals surface area (Å²) in [5.74, 6) is 0.242. The molecule has 0 aliphatic rings. The van der Waals surface area contributed by atoms with Gasteiger partial charge in [0.2, 0.25) is 5.91 Å². The first-order valence-corrected chi connectivity index (χ1v) is 13.9. The molecule has 5 aromatic rings. The van der Waals surface area contributed by atoms with Crippen LogP contribution in [0.15, 0.2) is 114 Å². The predicted molar refractivity (Wildman–Crippen MR) is 159 cm³/mol. The molecule has 1 N–H and O–H groups in total. The average Bonchev–Trinajstić information content (AvgIpc) is 3.30. The fourth-order valence-electron chi connectivity index (χ4n) is 4.63. The Morgan fingerprint density at radius 3 is 2.18 bits per heavy atom. The van der Waals surface area contributed by atoms with Crippen LogP contribution >= 0.6 is 11.8 Å². The standard InChI is InChI=1S/C32H32N4OS/c1-24(2)36(27-13-7-4-8-14-27)28-19-17-26(18-20-28)33-31(37)23-38-32-34-29-15-9-10-16-30(29)35(32)22-21-25-11-5-3-6-12-25/h3-20,24H,21-23H2,1-2H3,(H,33,37). The van der Waals surface area contributed by atoms with Crippen LogP contribution in [0.1, 0.15) is 19.4 Å². The number of rotatable bonds is 10. The van der Waals surface area contributed by atoms with E-state index in [1.165, 1.54) is 17.3 Å². The van der Waals surface area contributed by atoms with E-state index in [1.807, 2.05) is 54.6 Å². The molecule has 0 fully saturated rings. The van der Waals surface area contributed by atoms with Gasteiger partial charge in [0.25, 0.3) is 0 Å². The number of aromatic nitrogens is 2. The Labute approximate surface area is 228 Å². The molecule has 0 radical (unpaired) electrons. The first-order chi connectivity index (χ1) is 18.6. The molecule has 0 atom stereocenters. The number of amides is 1. The van der Waals surface area contributed by atoms with Crippen molar-refractivity contribution in [2.24, 2.45) is 0 Å². The summed E-state index contributed by atoms with van der Waals surface area (Å²) in [5, 5.41) is 3.91. The summed E-state index contributed by atoms with van der Waals surface area (Å²) in [5.41, 5.74) is 6.35. The van der Waals surface area contributed by atoms with Crippen LogP contribution in [-0.4, -0.2) is 27.3 Å². The molecule has 0 aliphatic heterocycles. The number of hydrogen-bond donors (Lipinski definition) is 1. The maximum Gasteiger partial charge on any atom is 0.234 e. The number of hydrogen-bond acceptors (Lipinski definition) is 4. The van der Waals surface area contributed by atoms with Crippen LogP contribution in [0.2, 0.25) is 0 Å². The van der Waals surface area contributed by atoms with Crippen molar-refractivity contribution in [2.45, 2.75) is 38.0 Å². The predicted octanol–water partition coefficient (Wildman–Crippen LogP) is 7.56. The quantitative estimate of drug-likeness (QED) is 0.193. The number of para-hydroxylation sites is 3. The fraction of sp³-hybridized carbons (Fsp3) is 0.188. The lowest BCUT2D eigenvalue weighted by atomic mass is 10.1. The summed E-state index contributed by atoms with van der Waals surface area (Å²) in [6, 6.07) is 37.3. The van der Waals surface area contributed by atoms with Crippen molar-refractivity contribution in [2.75, 3.05) is 16.0 Å². The van der Waals surface area contributed by atoms with Gasteiger partial charge in [0.05, 0.1) is 16.8 Å². The molecule has 0 aliphatic carbocycles. The van der Waals surface area contributed by atoms with Gasteiger partial charge in [-0.15, -0.1) is 0 Å². The monoisotopic (exact) mass is 520 g/mol. The Kier molecular flexibility index (Phi) is 8.09. The molecule has 192 valence electrons. The van der Waals surface area contributed by atoms with E-state index in [0.29, 0.717) is 11.8 Å². The molecule has 1 heterocycles. The molecule has 38 heavy (non-hydrogen) atoms. The van der Waals surface area contributed by atoms with Crippen molar-refractivity contribution in [3.63, 3.8) is 0 Å². The van der Waals surface area contributed by atoms with Gasteiger partial charge in [0.1, 0.15) is 0 Å². The molecule has 0 spiro atoms. The van der Waals surface area contributed by atoms with Crippen LogP contribution in [-0.2, 0) is 17.8 Å². The lowest BCUT2D eigenvalue weighted by molar-refractivity contribution is -0.113. The van der Waals surface area contributed by atoms with Gasteiger partial charge in [-0.3, -0.25) is 4.79 Å². The number of fused-ring (bicyclic) bond motifs is 1. The highest BCUT2D eigenvalue weighted by atomic mass is 32.2. The zero-order valence-corrected chi connectivity index (χ0v) is 22.6. The number of nitrogens with zero attached hydrogens (tertiary/aromatic N) is 3. The fourth-order valence-corrected chi connectivity index (χ4v) is 5.47. The third kappa shape index (κ3) is 6.09. The van der Waals surface area contributed by atoms with E-state index in [4.69, 9.17) is 4.98 Å². The lowest BCUT2D eigenvalue weighted by Gasteiger charge is -2.29. The third-order valence-electron chi connectivity index (χ3n) is 6.40. The van der Waals surface area contributed by atoms with E-state index in [0.717, 1.165) is 46.2 Å². The highest BCUT2D eigenvalue weighted by Crippen LogP contribution is 2.29. The largest absolute Gasteiger partial charge is 0.339 e. The van der Waals surface area contributed by atoms with E-state index in [-0.39, 0.29) is 5.91 Å². The first-order valence-electron chi connectivity index (χ1n) is 12.9. The Morgan fingerprint density at radius 2 is 1.47 bits per heavy atom. The molecule has 4 aromatic carbocycles. The minimum atomic E-state index is -0.0480. The average molecular weight is 521 g/mol. The van der Waals surface area contributed by atoms with Crippen LogP contribution in [0.25, 0.3) is 11.0 Å². The van der Waals surface area contributed by atoms with Gasteiger partial charge in [-0.2, -0.15) is 0 Å². The smallest absolute Gasteiger partial charge is 0.234 e. The number of carbonyl (C=O) groups is 1. The van der Waals surface area contributed by atoms with E-state index in [2.05, 4.69) is 83.2 Å². The van der Waals surface area contributed by atoms with Crippen LogP contribution < -0.4 is 10.2 Å². The van der Waals surface area contributed by atoms with Gasteiger partial charge in [-0.1, -0.05) is 72.4 Å². The molecule has 6 heteroatoms. The molecule has 0 unspecified atom stereocenters. The molecule has 5 rings (SSSR count). The van der Waals surface area contributed by atoms with Gasteiger partial charge in [0, 0.05) is 29.6 Å². The molecule has 1 aromatic heterocycles. The van der Waals surface area contributed by atoms with Gasteiger partial charge in [0.15, 0.2) is 5.16 Å². The van der Waals surface area contributed by atoms with Crippen LogP contribution in [0.3, 0.4) is 0 Å². The minimum Gasteiger partial charge on any atom is -0.339 e. The molecule has 0 saturated heterocycles. The van der Waals surface area contributed by atoms with Crippen molar-refractivity contribution in [3.8, 4) is 0 Å². The summed E-state index contributed by atoms with van der Waals surface area (Å²) < 4.78 is 2.22. The summed E-state index contributed by atoms with van der Waals surface area (Å²) in [6.07, 6.45) is 0.906. The topological polar surface area (TPSA) is 50.2 Å². The Morgan fingerprint density at radius 1 is 0.842 bits per heavy atom. The van der Waals surface area contributed by atoms with E-state index < -0.39 is 0 Å². The number of imidazole rings is 1. The summed E-state index contributed by atoms with van der Waals surface area (Å²) in [4.78, 5) is 20.0. The SMILES string of the molecule is CC(C)N(c1ccccc1)c1ccc(NC(=O)CSc2nc3ccccc3n2CCc2ccccc2)cc1. The Bertz CT molecular complexity index is 1480. The number of thioether (sulfide) groups is 1. The second-order valence-corrected chi connectivity index (χ2v) is 10.4. The molecule has 1 amide bonds. The van der Waals surface area contributed by atoms with Crippen LogP contribution in [0, 0.1) is 0 Å². The van der Waals surface area contributed by atoms with E-state index in [1.54, 1.807) is 0 Å². The molecular weight excluding hydrogens is 488 g/mol. The Hall–Kier alpha value is -4.03. The third-order valence-corrected chi connectivity index (χ3v) is 7.38. The molecule has 0 saturated carbocycles. The number of benzene rings is 4. The van der Waals surface area contributed by atoms with E-state index >= 15 is 0 Å². The number of nitrogens with one attached hydrogen (secondary N) is 1. The second-order valence-electron chi connectivity index (χ2n) is 9.45. The maximum atomic E-state index is 12.9. The highest BCUT2D eigenvalue weighted by molar-refractivity contribution is 7.99. The van der Waals surface area contributed by atoms with E-state index in [9.17, 15) is 4.79 Å². The molecule has 0 bridgehead atoms. The van der Waals surface area contributed by atoms with Crippen molar-refractivity contribution < 1.29 is 4.79 Å². The zero-order valence-electron chi connectivity index (χ0n) is 21.7. The zero-order chi connectivity index (χ0) is 26.3. The highest BCUT2D eigenvalue weighted by Gasteiger charge is 2.15. The van der Waals surface area contributed by atoms with Crippen molar-refractivity contribution in [1.29, 1.82) is 0 Å². The van der Waals surface area contributed by atoms with Crippen molar-refractivity contribution >= 4 is 45.8 Å².